The van der Waals surface area contributed by atoms with E-state index in [-0.39, 0.29) is 11.7 Å². The molecule has 3 aromatic rings. The Balaban J connectivity index is 1.54. The molecule has 1 amide bonds. The van der Waals surface area contributed by atoms with Gasteiger partial charge in [0.25, 0.3) is 0 Å². The lowest BCUT2D eigenvalue weighted by Crippen LogP contribution is -2.36. The standard InChI is InChI=1S/C23H21N3O2S/c1-2-28-19-9-10-20-17(13-19)12-18(14-24)23(25-20)29-15-22(27)26-11-5-7-16-6-3-4-8-21(16)26/h3-4,6,8-10,12-13H,2,5,7,11,15H2,1H3. The molecular formula is C23H21N3O2S. The maximum absolute atomic E-state index is 12.9. The van der Waals surface area contributed by atoms with Crippen molar-refractivity contribution in [3.05, 3.63) is 59.7 Å². The number of carbonyl (C=O) groups excluding carboxylic acids is 1. The summed E-state index contributed by atoms with van der Waals surface area (Å²) in [6.07, 6.45) is 1.97. The van der Waals surface area contributed by atoms with Crippen LogP contribution in [0.1, 0.15) is 24.5 Å². The number of ether oxygens (including phenoxy) is 1. The van der Waals surface area contributed by atoms with Gasteiger partial charge in [0.05, 0.1) is 23.4 Å². The third-order valence-electron chi connectivity index (χ3n) is 4.93. The number of nitriles is 1. The summed E-state index contributed by atoms with van der Waals surface area (Å²) >= 11 is 1.32. The molecule has 0 bridgehead atoms. The zero-order chi connectivity index (χ0) is 20.2. The number of anilines is 1. The molecule has 1 aliphatic heterocycles. The molecule has 0 saturated carbocycles. The summed E-state index contributed by atoms with van der Waals surface area (Å²) in [5.41, 5.74) is 3.47. The number of para-hydroxylation sites is 1. The van der Waals surface area contributed by atoms with Crippen LogP contribution in [0.25, 0.3) is 10.9 Å². The van der Waals surface area contributed by atoms with Crippen LogP contribution in [0.2, 0.25) is 0 Å². The second kappa shape index (κ2) is 8.54. The molecule has 0 fully saturated rings. The molecule has 4 rings (SSSR count). The van der Waals surface area contributed by atoms with Crippen LogP contribution >= 0.6 is 11.8 Å². The molecule has 0 saturated heterocycles. The van der Waals surface area contributed by atoms with Crippen molar-refractivity contribution in [3.63, 3.8) is 0 Å². The Morgan fingerprint density at radius 1 is 1.28 bits per heavy atom. The number of fused-ring (bicyclic) bond motifs is 2. The van der Waals surface area contributed by atoms with Crippen LogP contribution in [0.4, 0.5) is 5.69 Å². The van der Waals surface area contributed by atoms with Gasteiger partial charge < -0.3 is 9.64 Å². The highest BCUT2D eigenvalue weighted by molar-refractivity contribution is 8.00. The summed E-state index contributed by atoms with van der Waals surface area (Å²) in [6, 6.07) is 17.7. The number of hydrogen-bond donors (Lipinski definition) is 0. The van der Waals surface area contributed by atoms with Gasteiger partial charge in [0.1, 0.15) is 16.8 Å². The van der Waals surface area contributed by atoms with Crippen molar-refractivity contribution in [1.29, 1.82) is 5.26 Å². The number of carbonyl (C=O) groups is 1. The fraction of sp³-hybridized carbons (Fsp3) is 0.261. The zero-order valence-corrected chi connectivity index (χ0v) is 17.0. The van der Waals surface area contributed by atoms with Crippen molar-refractivity contribution < 1.29 is 9.53 Å². The Morgan fingerprint density at radius 3 is 2.97 bits per heavy atom. The summed E-state index contributed by atoms with van der Waals surface area (Å²) in [4.78, 5) is 19.4. The molecule has 5 nitrogen and oxygen atoms in total. The van der Waals surface area contributed by atoms with Crippen molar-refractivity contribution >= 4 is 34.3 Å². The van der Waals surface area contributed by atoms with Crippen molar-refractivity contribution in [2.45, 2.75) is 24.8 Å². The van der Waals surface area contributed by atoms with Crippen molar-refractivity contribution in [3.8, 4) is 11.8 Å². The number of aryl methyl sites for hydroxylation is 1. The minimum atomic E-state index is 0.0413. The molecule has 2 aromatic carbocycles. The molecule has 0 N–H and O–H groups in total. The molecule has 0 radical (unpaired) electrons. The maximum Gasteiger partial charge on any atom is 0.237 e. The minimum Gasteiger partial charge on any atom is -0.494 e. The first kappa shape index (κ1) is 19.3. The second-order valence-electron chi connectivity index (χ2n) is 6.81. The highest BCUT2D eigenvalue weighted by Gasteiger charge is 2.22. The van der Waals surface area contributed by atoms with Crippen LogP contribution in [-0.4, -0.2) is 29.8 Å². The lowest BCUT2D eigenvalue weighted by Gasteiger charge is -2.29. The van der Waals surface area contributed by atoms with Crippen molar-refractivity contribution in [2.75, 3.05) is 23.8 Å². The van der Waals surface area contributed by atoms with E-state index in [2.05, 4.69) is 17.1 Å². The van der Waals surface area contributed by atoms with Gasteiger partial charge in [-0.25, -0.2) is 4.98 Å². The van der Waals surface area contributed by atoms with Gasteiger partial charge in [-0.15, -0.1) is 0 Å². The summed E-state index contributed by atoms with van der Waals surface area (Å²) < 4.78 is 5.53. The van der Waals surface area contributed by atoms with Gasteiger partial charge in [-0.2, -0.15) is 5.26 Å². The molecule has 0 spiro atoms. The molecule has 0 aliphatic carbocycles. The first-order chi connectivity index (χ1) is 14.2. The zero-order valence-electron chi connectivity index (χ0n) is 16.2. The van der Waals surface area contributed by atoms with Gasteiger partial charge in [0, 0.05) is 17.6 Å². The van der Waals surface area contributed by atoms with E-state index in [9.17, 15) is 10.1 Å². The Morgan fingerprint density at radius 2 is 2.14 bits per heavy atom. The fourth-order valence-corrected chi connectivity index (χ4v) is 4.42. The first-order valence-corrected chi connectivity index (χ1v) is 10.7. The molecule has 0 atom stereocenters. The van der Waals surface area contributed by atoms with Crippen LogP contribution in [0.5, 0.6) is 5.75 Å². The van der Waals surface area contributed by atoms with E-state index in [0.29, 0.717) is 17.2 Å². The van der Waals surface area contributed by atoms with Crippen molar-refractivity contribution in [2.24, 2.45) is 0 Å². The van der Waals surface area contributed by atoms with E-state index in [4.69, 9.17) is 4.74 Å². The molecule has 2 heterocycles. The average molecular weight is 404 g/mol. The number of pyridine rings is 1. The van der Waals surface area contributed by atoms with E-state index in [1.54, 1.807) is 0 Å². The Bertz CT molecular complexity index is 1110. The number of hydrogen-bond acceptors (Lipinski definition) is 5. The number of rotatable bonds is 5. The predicted molar refractivity (Wildman–Crippen MR) is 115 cm³/mol. The average Bonchev–Trinajstić information content (AvgIpc) is 2.76. The van der Waals surface area contributed by atoms with Gasteiger partial charge in [-0.3, -0.25) is 4.79 Å². The van der Waals surface area contributed by atoms with Crippen LogP contribution in [0.15, 0.2) is 53.6 Å². The molecule has 1 aromatic heterocycles. The van der Waals surface area contributed by atoms with Crippen molar-refractivity contribution in [1.82, 2.24) is 4.98 Å². The van der Waals surface area contributed by atoms with E-state index >= 15 is 0 Å². The van der Waals surface area contributed by atoms with Crippen LogP contribution in [0.3, 0.4) is 0 Å². The van der Waals surface area contributed by atoms with Gasteiger partial charge >= 0.3 is 0 Å². The fourth-order valence-electron chi connectivity index (χ4n) is 3.58. The minimum absolute atomic E-state index is 0.0413. The van der Waals surface area contributed by atoms with E-state index < -0.39 is 0 Å². The number of nitrogens with zero attached hydrogens (tertiary/aromatic N) is 3. The quantitative estimate of drug-likeness (QED) is 0.584. The van der Waals surface area contributed by atoms with Crippen LogP contribution in [-0.2, 0) is 11.2 Å². The molecule has 29 heavy (non-hydrogen) atoms. The number of aromatic nitrogens is 1. The van der Waals surface area contributed by atoms with E-state index in [1.165, 1.54) is 17.3 Å². The lowest BCUT2D eigenvalue weighted by molar-refractivity contribution is -0.116. The maximum atomic E-state index is 12.9. The Hall–Kier alpha value is -3.04. The SMILES string of the molecule is CCOc1ccc2nc(SCC(=O)N3CCCc4ccccc43)c(C#N)cc2c1. The lowest BCUT2D eigenvalue weighted by atomic mass is 10.0. The number of amides is 1. The predicted octanol–water partition coefficient (Wildman–Crippen LogP) is 4.58. The van der Waals surface area contributed by atoms with Crippen LogP contribution < -0.4 is 9.64 Å². The number of benzene rings is 2. The Labute approximate surface area is 174 Å². The molecule has 6 heteroatoms. The number of thioether (sulfide) groups is 1. The topological polar surface area (TPSA) is 66.2 Å². The Kier molecular flexibility index (Phi) is 5.68. The van der Waals surface area contributed by atoms with Gasteiger partial charge in [0.2, 0.25) is 5.91 Å². The molecule has 1 aliphatic rings. The summed E-state index contributed by atoms with van der Waals surface area (Å²) in [7, 11) is 0. The summed E-state index contributed by atoms with van der Waals surface area (Å²) in [5, 5.41) is 11.0. The third kappa shape index (κ3) is 4.06. The van der Waals surface area contributed by atoms with Gasteiger partial charge in [-0.1, -0.05) is 30.0 Å². The third-order valence-corrected chi connectivity index (χ3v) is 5.90. The molecular weight excluding hydrogens is 382 g/mol. The smallest absolute Gasteiger partial charge is 0.237 e. The van der Waals surface area contributed by atoms with Gasteiger partial charge in [0.15, 0.2) is 0 Å². The second-order valence-corrected chi connectivity index (χ2v) is 7.77. The highest BCUT2D eigenvalue weighted by atomic mass is 32.2. The van der Waals surface area contributed by atoms with E-state index in [0.717, 1.165) is 41.7 Å². The summed E-state index contributed by atoms with van der Waals surface area (Å²) in [5.74, 6) is 1.04. The van der Waals surface area contributed by atoms with Crippen LogP contribution in [0, 0.1) is 11.3 Å². The first-order valence-electron chi connectivity index (χ1n) is 9.68. The van der Waals surface area contributed by atoms with Gasteiger partial charge in [-0.05, 0) is 55.7 Å². The summed E-state index contributed by atoms with van der Waals surface area (Å²) in [6.45, 7) is 3.24. The normalized spacial score (nSPS) is 13.0. The highest BCUT2D eigenvalue weighted by Crippen LogP contribution is 2.30. The largest absolute Gasteiger partial charge is 0.494 e. The molecule has 146 valence electrons. The van der Waals surface area contributed by atoms with E-state index in [1.807, 2.05) is 54.3 Å². The monoisotopic (exact) mass is 403 g/mol. The molecule has 0 unspecified atom stereocenters.